The summed E-state index contributed by atoms with van der Waals surface area (Å²) in [5, 5.41) is 5.90. The molecule has 0 bridgehead atoms. The molecule has 0 saturated heterocycles. The zero-order valence-corrected chi connectivity index (χ0v) is 14.6. The van der Waals surface area contributed by atoms with E-state index in [2.05, 4.69) is 10.6 Å². The highest BCUT2D eigenvalue weighted by Crippen LogP contribution is 2.31. The van der Waals surface area contributed by atoms with Gasteiger partial charge in [-0.3, -0.25) is 9.59 Å². The number of nitrogens with one attached hydrogen (secondary N) is 2. The van der Waals surface area contributed by atoms with E-state index in [1.807, 2.05) is 50.2 Å². The maximum absolute atomic E-state index is 12.6. The summed E-state index contributed by atoms with van der Waals surface area (Å²) in [6.07, 6.45) is 0.491. The number of anilines is 1. The van der Waals surface area contributed by atoms with Crippen LogP contribution in [0.1, 0.15) is 40.9 Å². The average molecular weight is 340 g/mol. The van der Waals surface area contributed by atoms with E-state index in [9.17, 15) is 9.59 Å². The van der Waals surface area contributed by atoms with Crippen LogP contribution in [0.3, 0.4) is 0 Å². The molecule has 2 aromatic carbocycles. The Kier molecular flexibility index (Phi) is 4.90. The van der Waals surface area contributed by atoms with Crippen LogP contribution in [0.15, 0.2) is 47.4 Å². The minimum atomic E-state index is -0.142. The van der Waals surface area contributed by atoms with Crippen LogP contribution in [-0.2, 0) is 4.79 Å². The molecule has 24 heavy (non-hydrogen) atoms. The lowest BCUT2D eigenvalue weighted by atomic mass is 10.0. The third-order valence-electron chi connectivity index (χ3n) is 4.11. The first-order valence-electron chi connectivity index (χ1n) is 7.97. The molecule has 1 atom stereocenters. The van der Waals surface area contributed by atoms with Crippen molar-refractivity contribution in [3.63, 3.8) is 0 Å². The van der Waals surface area contributed by atoms with Crippen molar-refractivity contribution < 1.29 is 9.59 Å². The molecule has 1 aliphatic rings. The van der Waals surface area contributed by atoms with Gasteiger partial charge in [-0.2, -0.15) is 0 Å². The Labute approximate surface area is 146 Å². The highest BCUT2D eigenvalue weighted by molar-refractivity contribution is 7.99. The van der Waals surface area contributed by atoms with Gasteiger partial charge in [0.15, 0.2) is 0 Å². The van der Waals surface area contributed by atoms with Gasteiger partial charge in [-0.25, -0.2) is 0 Å². The Bertz CT molecular complexity index is 789. The molecular weight excluding hydrogens is 320 g/mol. The van der Waals surface area contributed by atoms with Crippen molar-refractivity contribution in [2.75, 3.05) is 11.1 Å². The second kappa shape index (κ2) is 7.09. The standard InChI is InChI=1S/C19H20N2O2S/c1-12-5-3-4-6-15(12)13(2)20-19(23)14-7-8-17-16(11-14)21-18(22)9-10-24-17/h3-8,11,13H,9-10H2,1-2H3,(H,20,23)(H,21,22). The lowest BCUT2D eigenvalue weighted by Gasteiger charge is -2.17. The van der Waals surface area contributed by atoms with Crippen molar-refractivity contribution in [2.24, 2.45) is 0 Å². The van der Waals surface area contributed by atoms with Crippen molar-refractivity contribution >= 4 is 29.3 Å². The van der Waals surface area contributed by atoms with Crippen LogP contribution < -0.4 is 10.6 Å². The van der Waals surface area contributed by atoms with Gasteiger partial charge < -0.3 is 10.6 Å². The molecular formula is C19H20N2O2S. The second-order valence-corrected chi connectivity index (χ2v) is 7.05. The summed E-state index contributed by atoms with van der Waals surface area (Å²) in [6, 6.07) is 13.4. The molecule has 2 aromatic rings. The zero-order chi connectivity index (χ0) is 17.1. The molecule has 4 nitrogen and oxygen atoms in total. The predicted molar refractivity (Wildman–Crippen MR) is 97.5 cm³/mol. The fourth-order valence-electron chi connectivity index (χ4n) is 2.79. The molecule has 124 valence electrons. The minimum Gasteiger partial charge on any atom is -0.346 e. The van der Waals surface area contributed by atoms with Crippen molar-refractivity contribution in [2.45, 2.75) is 31.2 Å². The van der Waals surface area contributed by atoms with Crippen LogP contribution in [0.5, 0.6) is 0 Å². The largest absolute Gasteiger partial charge is 0.346 e. The molecule has 0 spiro atoms. The smallest absolute Gasteiger partial charge is 0.251 e. The first kappa shape index (κ1) is 16.6. The summed E-state index contributed by atoms with van der Waals surface area (Å²) in [5.41, 5.74) is 3.52. The average Bonchev–Trinajstić information content (AvgIpc) is 2.74. The molecule has 2 amide bonds. The molecule has 5 heteroatoms. The van der Waals surface area contributed by atoms with E-state index in [1.54, 1.807) is 17.8 Å². The van der Waals surface area contributed by atoms with Gasteiger partial charge in [-0.15, -0.1) is 11.8 Å². The van der Waals surface area contributed by atoms with Gasteiger partial charge in [0.2, 0.25) is 5.91 Å². The molecule has 0 fully saturated rings. The van der Waals surface area contributed by atoms with Crippen LogP contribution in [0, 0.1) is 6.92 Å². The van der Waals surface area contributed by atoms with Crippen LogP contribution >= 0.6 is 11.8 Å². The Morgan fingerprint density at radius 2 is 2.04 bits per heavy atom. The third kappa shape index (κ3) is 3.62. The summed E-state index contributed by atoms with van der Waals surface area (Å²) >= 11 is 1.63. The Morgan fingerprint density at radius 1 is 1.25 bits per heavy atom. The van der Waals surface area contributed by atoms with Gasteiger partial charge in [-0.1, -0.05) is 24.3 Å². The Morgan fingerprint density at radius 3 is 2.83 bits per heavy atom. The van der Waals surface area contributed by atoms with Crippen molar-refractivity contribution in [1.29, 1.82) is 0 Å². The van der Waals surface area contributed by atoms with Gasteiger partial charge in [-0.05, 0) is 43.2 Å². The number of fused-ring (bicyclic) bond motifs is 1. The Balaban J connectivity index is 1.78. The lowest BCUT2D eigenvalue weighted by molar-refractivity contribution is -0.115. The number of benzene rings is 2. The summed E-state index contributed by atoms with van der Waals surface area (Å²) in [5.74, 6) is 0.610. The van der Waals surface area contributed by atoms with E-state index in [-0.39, 0.29) is 17.9 Å². The first-order chi connectivity index (χ1) is 11.5. The van der Waals surface area contributed by atoms with Crippen LogP contribution in [-0.4, -0.2) is 17.6 Å². The van der Waals surface area contributed by atoms with Crippen LogP contribution in [0.4, 0.5) is 5.69 Å². The number of hydrogen-bond acceptors (Lipinski definition) is 3. The SMILES string of the molecule is Cc1ccccc1C(C)NC(=O)c1ccc2c(c1)NC(=O)CCS2. The Hall–Kier alpha value is -2.27. The zero-order valence-electron chi connectivity index (χ0n) is 13.8. The maximum Gasteiger partial charge on any atom is 0.251 e. The van der Waals surface area contributed by atoms with Crippen LogP contribution in [0.25, 0.3) is 0 Å². The molecule has 1 heterocycles. The fourth-order valence-corrected chi connectivity index (χ4v) is 3.73. The van der Waals surface area contributed by atoms with Gasteiger partial charge >= 0.3 is 0 Å². The molecule has 3 rings (SSSR count). The number of thioether (sulfide) groups is 1. The molecule has 0 saturated carbocycles. The van der Waals surface area contributed by atoms with Crippen LogP contribution in [0.2, 0.25) is 0 Å². The summed E-state index contributed by atoms with van der Waals surface area (Å²) in [6.45, 7) is 4.01. The summed E-state index contributed by atoms with van der Waals surface area (Å²) in [7, 11) is 0. The minimum absolute atomic E-state index is 0.00733. The van der Waals surface area contributed by atoms with Crippen molar-refractivity contribution in [1.82, 2.24) is 5.32 Å². The number of amides is 2. The van der Waals surface area contributed by atoms with E-state index in [1.165, 1.54) is 0 Å². The maximum atomic E-state index is 12.6. The van der Waals surface area contributed by atoms with E-state index in [4.69, 9.17) is 0 Å². The topological polar surface area (TPSA) is 58.2 Å². The van der Waals surface area contributed by atoms with E-state index in [0.717, 1.165) is 27.5 Å². The lowest BCUT2D eigenvalue weighted by Crippen LogP contribution is -2.27. The molecule has 0 radical (unpaired) electrons. The number of aryl methyl sites for hydroxylation is 1. The number of carbonyl (C=O) groups is 2. The molecule has 2 N–H and O–H groups in total. The van der Waals surface area contributed by atoms with Gasteiger partial charge in [0.05, 0.1) is 11.7 Å². The van der Waals surface area contributed by atoms with E-state index < -0.39 is 0 Å². The van der Waals surface area contributed by atoms with Gasteiger partial charge in [0.25, 0.3) is 5.91 Å². The quantitative estimate of drug-likeness (QED) is 0.890. The van der Waals surface area contributed by atoms with E-state index >= 15 is 0 Å². The fraction of sp³-hybridized carbons (Fsp3) is 0.263. The summed E-state index contributed by atoms with van der Waals surface area (Å²) in [4.78, 5) is 25.3. The molecule has 1 unspecified atom stereocenters. The number of carbonyl (C=O) groups excluding carboxylic acids is 2. The third-order valence-corrected chi connectivity index (χ3v) is 5.18. The predicted octanol–water partition coefficient (Wildman–Crippen LogP) is 3.92. The van der Waals surface area contributed by atoms with E-state index in [0.29, 0.717) is 12.0 Å². The second-order valence-electron chi connectivity index (χ2n) is 5.91. The van der Waals surface area contributed by atoms with Gasteiger partial charge in [0, 0.05) is 22.6 Å². The monoisotopic (exact) mass is 340 g/mol. The highest BCUT2D eigenvalue weighted by Gasteiger charge is 2.17. The normalized spacial score (nSPS) is 15.0. The molecule has 1 aliphatic heterocycles. The number of hydrogen-bond donors (Lipinski definition) is 2. The highest BCUT2D eigenvalue weighted by atomic mass is 32.2. The van der Waals surface area contributed by atoms with Crippen molar-refractivity contribution in [3.8, 4) is 0 Å². The summed E-state index contributed by atoms with van der Waals surface area (Å²) < 4.78 is 0. The number of rotatable bonds is 3. The van der Waals surface area contributed by atoms with Crippen molar-refractivity contribution in [3.05, 3.63) is 59.2 Å². The molecule has 0 aromatic heterocycles. The van der Waals surface area contributed by atoms with Gasteiger partial charge in [0.1, 0.15) is 0 Å². The molecule has 0 aliphatic carbocycles. The first-order valence-corrected chi connectivity index (χ1v) is 8.96.